The van der Waals surface area contributed by atoms with Gasteiger partial charge in [-0.3, -0.25) is 24.3 Å². The Balaban J connectivity index is 1.07. The van der Waals surface area contributed by atoms with Crippen molar-refractivity contribution in [3.8, 4) is 0 Å². The molecular weight excluding hydrogens is 432 g/mol. The Kier molecular flexibility index (Phi) is 5.15. The van der Waals surface area contributed by atoms with Crippen molar-refractivity contribution in [2.75, 3.05) is 26.2 Å². The molecule has 4 bridgehead atoms. The second kappa shape index (κ2) is 8.10. The highest BCUT2D eigenvalue weighted by atomic mass is 16.2. The fourth-order valence-corrected chi connectivity index (χ4v) is 7.64. The van der Waals surface area contributed by atoms with Gasteiger partial charge in [0.1, 0.15) is 0 Å². The molecule has 4 saturated carbocycles. The normalized spacial score (nSPS) is 30.2. The number of carbonyl (C=O) groups is 2. The van der Waals surface area contributed by atoms with Crippen LogP contribution >= 0.6 is 0 Å². The van der Waals surface area contributed by atoms with Crippen LogP contribution in [0.3, 0.4) is 0 Å². The van der Waals surface area contributed by atoms with Crippen LogP contribution in [0.15, 0.2) is 33.9 Å². The van der Waals surface area contributed by atoms with Crippen LogP contribution in [0.25, 0.3) is 10.8 Å². The number of hydrogen-bond donors (Lipinski definition) is 1. The van der Waals surface area contributed by atoms with E-state index in [9.17, 15) is 19.2 Å². The zero-order valence-electron chi connectivity index (χ0n) is 19.5. The number of nitrogens with zero attached hydrogens (tertiary/aromatic N) is 3. The minimum atomic E-state index is -0.334. The van der Waals surface area contributed by atoms with Gasteiger partial charge in [-0.15, -0.1) is 0 Å². The topological polar surface area (TPSA) is 95.5 Å². The number of H-pyrrole nitrogens is 1. The molecule has 7 rings (SSSR count). The maximum Gasteiger partial charge on any atom is 0.273 e. The summed E-state index contributed by atoms with van der Waals surface area (Å²) in [6, 6.07) is 6.70. The van der Waals surface area contributed by atoms with Crippen molar-refractivity contribution in [3.05, 3.63) is 45.0 Å². The maximum absolute atomic E-state index is 13.6. The molecule has 2 amide bonds. The standard InChI is InChI=1S/C26H32N4O4/c31-22(5-6-30-24(33)21-4-2-1-3-20(21)23(32)27-30)28-7-9-29(10-8-28)25(34)26-14-17-11-18(15-26)13-19(12-17)16-26/h1-4,17-19H,5-16H2,(H,27,32). The molecule has 5 aliphatic rings. The number of nitrogens with one attached hydrogen (secondary N) is 1. The summed E-state index contributed by atoms with van der Waals surface area (Å²) in [4.78, 5) is 55.2. The van der Waals surface area contributed by atoms with E-state index in [-0.39, 0.29) is 35.4 Å². The second-order valence-electron chi connectivity index (χ2n) is 11.1. The largest absolute Gasteiger partial charge is 0.339 e. The number of aromatic amines is 1. The van der Waals surface area contributed by atoms with Crippen molar-refractivity contribution < 1.29 is 9.59 Å². The Morgan fingerprint density at radius 3 is 2.03 bits per heavy atom. The van der Waals surface area contributed by atoms with E-state index in [1.165, 1.54) is 23.9 Å². The van der Waals surface area contributed by atoms with Gasteiger partial charge in [0.05, 0.1) is 22.7 Å². The lowest BCUT2D eigenvalue weighted by Gasteiger charge is -2.57. The van der Waals surface area contributed by atoms with E-state index in [0.717, 1.165) is 37.0 Å². The first kappa shape index (κ1) is 21.6. The molecule has 0 spiro atoms. The maximum atomic E-state index is 13.6. The Morgan fingerprint density at radius 1 is 0.853 bits per heavy atom. The fraction of sp³-hybridized carbons (Fsp3) is 0.615. The van der Waals surface area contributed by atoms with Crippen molar-refractivity contribution in [3.63, 3.8) is 0 Å². The van der Waals surface area contributed by atoms with Crippen molar-refractivity contribution in [1.82, 2.24) is 19.6 Å². The zero-order chi connectivity index (χ0) is 23.4. The van der Waals surface area contributed by atoms with Gasteiger partial charge in [-0.05, 0) is 68.4 Å². The van der Waals surface area contributed by atoms with E-state index in [1.807, 2.05) is 4.90 Å². The number of benzene rings is 1. The third kappa shape index (κ3) is 3.58. The predicted octanol–water partition coefficient (Wildman–Crippen LogP) is 1.97. The lowest BCUT2D eigenvalue weighted by atomic mass is 9.49. The van der Waals surface area contributed by atoms with Crippen molar-refractivity contribution >= 4 is 22.6 Å². The highest BCUT2D eigenvalue weighted by molar-refractivity contribution is 5.84. The molecule has 34 heavy (non-hydrogen) atoms. The molecule has 2 heterocycles. The molecule has 0 radical (unpaired) electrons. The Labute approximate surface area is 197 Å². The lowest BCUT2D eigenvalue weighted by Crippen LogP contribution is -2.58. The molecule has 4 aliphatic carbocycles. The van der Waals surface area contributed by atoms with Crippen LogP contribution < -0.4 is 11.1 Å². The van der Waals surface area contributed by atoms with Crippen molar-refractivity contribution in [2.45, 2.75) is 51.5 Å². The molecule has 0 unspecified atom stereocenters. The molecule has 1 aliphatic heterocycles. The van der Waals surface area contributed by atoms with E-state index in [1.54, 1.807) is 29.2 Å². The summed E-state index contributed by atoms with van der Waals surface area (Å²) in [5, 5.41) is 3.30. The first-order chi connectivity index (χ1) is 16.4. The van der Waals surface area contributed by atoms with Crippen LogP contribution in [0.2, 0.25) is 0 Å². The average Bonchev–Trinajstić information content (AvgIpc) is 2.84. The van der Waals surface area contributed by atoms with Gasteiger partial charge in [-0.2, -0.15) is 0 Å². The number of amides is 2. The number of carbonyl (C=O) groups excluding carboxylic acids is 2. The van der Waals surface area contributed by atoms with Gasteiger partial charge in [0.15, 0.2) is 0 Å². The van der Waals surface area contributed by atoms with Crippen LogP contribution in [-0.2, 0) is 16.1 Å². The molecular formula is C26H32N4O4. The van der Waals surface area contributed by atoms with Gasteiger partial charge in [0, 0.05) is 32.6 Å². The Hall–Kier alpha value is -2.90. The van der Waals surface area contributed by atoms with Crippen molar-refractivity contribution in [1.29, 1.82) is 0 Å². The first-order valence-corrected chi connectivity index (χ1v) is 12.7. The van der Waals surface area contributed by atoms with Gasteiger partial charge >= 0.3 is 0 Å². The fourth-order valence-electron chi connectivity index (χ4n) is 7.64. The molecule has 180 valence electrons. The summed E-state index contributed by atoms with van der Waals surface area (Å²) >= 11 is 0. The quantitative estimate of drug-likeness (QED) is 0.748. The van der Waals surface area contributed by atoms with E-state index in [4.69, 9.17) is 0 Å². The van der Waals surface area contributed by atoms with Gasteiger partial charge in [-0.25, -0.2) is 4.68 Å². The smallest absolute Gasteiger partial charge is 0.273 e. The number of piperazine rings is 1. The van der Waals surface area contributed by atoms with Crippen LogP contribution in [0.5, 0.6) is 0 Å². The molecule has 1 aromatic carbocycles. The van der Waals surface area contributed by atoms with Crippen LogP contribution in [0.4, 0.5) is 0 Å². The van der Waals surface area contributed by atoms with Gasteiger partial charge in [0.25, 0.3) is 11.1 Å². The summed E-state index contributed by atoms with van der Waals surface area (Å²) in [6.07, 6.45) is 7.29. The molecule has 8 heteroatoms. The van der Waals surface area contributed by atoms with E-state index in [0.29, 0.717) is 42.9 Å². The number of aryl methyl sites for hydroxylation is 1. The summed E-state index contributed by atoms with van der Waals surface area (Å²) < 4.78 is 1.23. The number of rotatable bonds is 4. The third-order valence-corrected chi connectivity index (χ3v) is 8.84. The lowest BCUT2D eigenvalue weighted by molar-refractivity contribution is -0.160. The second-order valence-corrected chi connectivity index (χ2v) is 11.1. The average molecular weight is 465 g/mol. The molecule has 1 aromatic heterocycles. The summed E-state index contributed by atoms with van der Waals surface area (Å²) in [7, 11) is 0. The minimum Gasteiger partial charge on any atom is -0.339 e. The molecule has 8 nitrogen and oxygen atoms in total. The first-order valence-electron chi connectivity index (χ1n) is 12.7. The molecule has 5 fully saturated rings. The molecule has 1 N–H and O–H groups in total. The third-order valence-electron chi connectivity index (χ3n) is 8.84. The van der Waals surface area contributed by atoms with Gasteiger partial charge < -0.3 is 9.80 Å². The zero-order valence-corrected chi connectivity index (χ0v) is 19.5. The van der Waals surface area contributed by atoms with Crippen LogP contribution in [0, 0.1) is 23.2 Å². The van der Waals surface area contributed by atoms with Crippen LogP contribution in [0.1, 0.15) is 44.9 Å². The predicted molar refractivity (Wildman–Crippen MR) is 127 cm³/mol. The van der Waals surface area contributed by atoms with E-state index < -0.39 is 0 Å². The molecule has 2 aromatic rings. The summed E-state index contributed by atoms with van der Waals surface area (Å²) in [6.45, 7) is 2.35. The van der Waals surface area contributed by atoms with Crippen molar-refractivity contribution in [2.24, 2.45) is 23.2 Å². The SMILES string of the molecule is O=C(CCn1[nH]c(=O)c2ccccc2c1=O)N1CCN(C(=O)C23CC4CC(CC(C4)C2)C3)CC1. The number of fused-ring (bicyclic) bond motifs is 1. The monoisotopic (exact) mass is 464 g/mol. The van der Waals surface area contributed by atoms with Gasteiger partial charge in [-0.1, -0.05) is 12.1 Å². The highest BCUT2D eigenvalue weighted by Crippen LogP contribution is 2.60. The minimum absolute atomic E-state index is 0.0530. The van der Waals surface area contributed by atoms with Crippen LogP contribution in [-0.4, -0.2) is 57.6 Å². The number of aromatic nitrogens is 2. The van der Waals surface area contributed by atoms with E-state index in [2.05, 4.69) is 5.10 Å². The van der Waals surface area contributed by atoms with E-state index >= 15 is 0 Å². The Morgan fingerprint density at radius 2 is 1.41 bits per heavy atom. The highest BCUT2D eigenvalue weighted by Gasteiger charge is 2.55. The summed E-state index contributed by atoms with van der Waals surface area (Å²) in [5.74, 6) is 2.50. The summed E-state index contributed by atoms with van der Waals surface area (Å²) in [5.41, 5.74) is -0.766. The van der Waals surface area contributed by atoms with Gasteiger partial charge in [0.2, 0.25) is 11.8 Å². The number of hydrogen-bond acceptors (Lipinski definition) is 4. The molecule has 1 saturated heterocycles. The Bertz CT molecular complexity index is 1220. The molecule has 0 atom stereocenters.